The molecule has 3 rings (SSSR count). The second kappa shape index (κ2) is 7.27. The van der Waals surface area contributed by atoms with Crippen molar-refractivity contribution >= 4 is 24.2 Å². The Labute approximate surface area is 139 Å². The van der Waals surface area contributed by atoms with Gasteiger partial charge in [0.15, 0.2) is 0 Å². The Balaban J connectivity index is 0.00000192. The number of carbonyl (C=O) groups excluding carboxylic acids is 2. The molecular formula is C14H22ClF2N3O3. The standard InChI is InChI=1S/C14H21F2N3O3.ClH/c15-14(16)8-10(17-9-14)12(20)18-3-5-19(6-4-18)13(21)11-2-1-7-22-11;/h10-11,17H,1-9H2;1H. The number of hydrogen-bond acceptors (Lipinski definition) is 4. The molecule has 3 saturated heterocycles. The third kappa shape index (κ3) is 4.10. The van der Waals surface area contributed by atoms with Crippen LogP contribution in [0.2, 0.25) is 0 Å². The van der Waals surface area contributed by atoms with E-state index in [-0.39, 0.29) is 30.3 Å². The van der Waals surface area contributed by atoms with Gasteiger partial charge in [0.05, 0.1) is 12.6 Å². The molecule has 6 nitrogen and oxygen atoms in total. The van der Waals surface area contributed by atoms with Gasteiger partial charge in [-0.2, -0.15) is 0 Å². The molecule has 3 heterocycles. The lowest BCUT2D eigenvalue weighted by molar-refractivity contribution is -0.146. The lowest BCUT2D eigenvalue weighted by atomic mass is 10.1. The Kier molecular flexibility index (Phi) is 5.80. The van der Waals surface area contributed by atoms with Gasteiger partial charge in [0, 0.05) is 39.2 Å². The zero-order chi connectivity index (χ0) is 15.7. The van der Waals surface area contributed by atoms with Crippen molar-refractivity contribution in [3.8, 4) is 0 Å². The highest BCUT2D eigenvalue weighted by molar-refractivity contribution is 5.85. The van der Waals surface area contributed by atoms with Crippen LogP contribution in [0.5, 0.6) is 0 Å². The zero-order valence-electron chi connectivity index (χ0n) is 12.8. The molecule has 0 aromatic heterocycles. The number of halogens is 3. The molecule has 0 saturated carbocycles. The summed E-state index contributed by atoms with van der Waals surface area (Å²) in [5, 5.41) is 2.58. The van der Waals surface area contributed by atoms with Gasteiger partial charge in [0.1, 0.15) is 6.10 Å². The average Bonchev–Trinajstić information content (AvgIpc) is 3.15. The van der Waals surface area contributed by atoms with E-state index < -0.39 is 24.9 Å². The van der Waals surface area contributed by atoms with Gasteiger partial charge in [0.2, 0.25) is 5.91 Å². The molecular weight excluding hydrogens is 332 g/mol. The van der Waals surface area contributed by atoms with Crippen molar-refractivity contribution in [2.24, 2.45) is 0 Å². The first-order valence-electron chi connectivity index (χ1n) is 7.77. The molecule has 3 aliphatic rings. The number of hydrogen-bond donors (Lipinski definition) is 1. The fraction of sp³-hybridized carbons (Fsp3) is 0.857. The lowest BCUT2D eigenvalue weighted by Crippen LogP contribution is -2.55. The molecule has 2 amide bonds. The van der Waals surface area contributed by atoms with E-state index in [4.69, 9.17) is 4.74 Å². The molecule has 0 bridgehead atoms. The molecule has 1 N–H and O–H groups in total. The Hall–Kier alpha value is -0.990. The normalized spacial score (nSPS) is 30.2. The highest BCUT2D eigenvalue weighted by atomic mass is 35.5. The second-order valence-electron chi connectivity index (χ2n) is 6.15. The topological polar surface area (TPSA) is 61.9 Å². The van der Waals surface area contributed by atoms with Crippen LogP contribution in [0.3, 0.4) is 0 Å². The fourth-order valence-electron chi connectivity index (χ4n) is 3.23. The number of piperazine rings is 1. The first-order valence-corrected chi connectivity index (χ1v) is 7.77. The smallest absolute Gasteiger partial charge is 0.262 e. The summed E-state index contributed by atoms with van der Waals surface area (Å²) in [6, 6.07) is -0.810. The van der Waals surface area contributed by atoms with Gasteiger partial charge >= 0.3 is 0 Å². The minimum Gasteiger partial charge on any atom is -0.368 e. The van der Waals surface area contributed by atoms with Gasteiger partial charge in [-0.15, -0.1) is 12.4 Å². The lowest BCUT2D eigenvalue weighted by Gasteiger charge is -2.36. The molecule has 23 heavy (non-hydrogen) atoms. The molecule has 0 aliphatic carbocycles. The number of amides is 2. The highest BCUT2D eigenvalue weighted by Gasteiger charge is 2.44. The fourth-order valence-corrected chi connectivity index (χ4v) is 3.23. The zero-order valence-corrected chi connectivity index (χ0v) is 13.6. The van der Waals surface area contributed by atoms with Crippen LogP contribution in [0.15, 0.2) is 0 Å². The third-order valence-electron chi connectivity index (χ3n) is 4.52. The summed E-state index contributed by atoms with van der Waals surface area (Å²) in [6.45, 7) is 1.83. The number of nitrogens with zero attached hydrogens (tertiary/aromatic N) is 2. The van der Waals surface area contributed by atoms with Crippen LogP contribution in [0.4, 0.5) is 8.78 Å². The van der Waals surface area contributed by atoms with Crippen LogP contribution in [-0.4, -0.2) is 79.0 Å². The number of nitrogens with one attached hydrogen (secondary N) is 1. The van der Waals surface area contributed by atoms with Gasteiger partial charge in [-0.05, 0) is 12.8 Å². The van der Waals surface area contributed by atoms with Gasteiger partial charge in [-0.1, -0.05) is 0 Å². The highest BCUT2D eigenvalue weighted by Crippen LogP contribution is 2.26. The van der Waals surface area contributed by atoms with Crippen molar-refractivity contribution < 1.29 is 23.1 Å². The molecule has 0 spiro atoms. The summed E-state index contributed by atoms with van der Waals surface area (Å²) in [6.07, 6.45) is 0.855. The summed E-state index contributed by atoms with van der Waals surface area (Å²) < 4.78 is 31.7. The van der Waals surface area contributed by atoms with Gasteiger partial charge in [-0.25, -0.2) is 8.78 Å². The molecule has 3 fully saturated rings. The Morgan fingerprint density at radius 3 is 2.17 bits per heavy atom. The number of alkyl halides is 2. The van der Waals surface area contributed by atoms with E-state index in [0.29, 0.717) is 32.8 Å². The molecule has 132 valence electrons. The van der Waals surface area contributed by atoms with Gasteiger partial charge < -0.3 is 14.5 Å². The van der Waals surface area contributed by atoms with Crippen molar-refractivity contribution in [3.05, 3.63) is 0 Å². The van der Waals surface area contributed by atoms with E-state index in [9.17, 15) is 18.4 Å². The summed E-state index contributed by atoms with van der Waals surface area (Å²) >= 11 is 0. The monoisotopic (exact) mass is 353 g/mol. The Bertz CT molecular complexity index is 453. The van der Waals surface area contributed by atoms with E-state index in [2.05, 4.69) is 5.32 Å². The Morgan fingerprint density at radius 2 is 1.70 bits per heavy atom. The summed E-state index contributed by atoms with van der Waals surface area (Å²) in [4.78, 5) is 27.7. The van der Waals surface area contributed by atoms with E-state index in [1.807, 2.05) is 0 Å². The number of ether oxygens (including phenoxy) is 1. The van der Waals surface area contributed by atoms with Crippen LogP contribution in [0, 0.1) is 0 Å². The summed E-state index contributed by atoms with van der Waals surface area (Å²) in [5.41, 5.74) is 0. The van der Waals surface area contributed by atoms with E-state index in [1.165, 1.54) is 0 Å². The maximum Gasteiger partial charge on any atom is 0.262 e. The van der Waals surface area contributed by atoms with Crippen molar-refractivity contribution in [3.63, 3.8) is 0 Å². The van der Waals surface area contributed by atoms with Crippen LogP contribution < -0.4 is 5.32 Å². The first-order chi connectivity index (χ1) is 10.5. The molecule has 0 aromatic rings. The van der Waals surface area contributed by atoms with Gasteiger partial charge in [-0.3, -0.25) is 14.9 Å². The number of rotatable bonds is 2. The molecule has 0 radical (unpaired) electrons. The van der Waals surface area contributed by atoms with Crippen molar-refractivity contribution in [1.82, 2.24) is 15.1 Å². The maximum absolute atomic E-state index is 13.2. The molecule has 0 aromatic carbocycles. The van der Waals surface area contributed by atoms with Crippen LogP contribution in [-0.2, 0) is 14.3 Å². The van der Waals surface area contributed by atoms with E-state index >= 15 is 0 Å². The largest absolute Gasteiger partial charge is 0.368 e. The minimum absolute atomic E-state index is 0. The summed E-state index contributed by atoms with van der Waals surface area (Å²) in [7, 11) is 0. The minimum atomic E-state index is -2.81. The summed E-state index contributed by atoms with van der Waals surface area (Å²) in [5.74, 6) is -3.12. The Morgan fingerprint density at radius 1 is 1.09 bits per heavy atom. The van der Waals surface area contributed by atoms with Crippen molar-refractivity contribution in [2.45, 2.75) is 37.3 Å². The van der Waals surface area contributed by atoms with E-state index in [1.54, 1.807) is 9.80 Å². The SMILES string of the molecule is Cl.O=C(C1CC(F)(F)CN1)N1CCN(C(=O)C2CCCO2)CC1. The molecule has 3 aliphatic heterocycles. The molecule has 2 atom stereocenters. The predicted octanol–water partition coefficient (Wildman–Crippen LogP) is 0.255. The van der Waals surface area contributed by atoms with E-state index in [0.717, 1.165) is 12.8 Å². The predicted molar refractivity (Wildman–Crippen MR) is 80.7 cm³/mol. The van der Waals surface area contributed by atoms with Crippen LogP contribution >= 0.6 is 12.4 Å². The maximum atomic E-state index is 13.2. The number of carbonyl (C=O) groups is 2. The van der Waals surface area contributed by atoms with Crippen molar-refractivity contribution in [1.29, 1.82) is 0 Å². The average molecular weight is 354 g/mol. The quantitative estimate of drug-likeness (QED) is 0.773. The van der Waals surface area contributed by atoms with Gasteiger partial charge in [0.25, 0.3) is 11.8 Å². The van der Waals surface area contributed by atoms with Crippen LogP contribution in [0.25, 0.3) is 0 Å². The molecule has 9 heteroatoms. The first kappa shape index (κ1) is 18.4. The molecule has 2 unspecified atom stereocenters. The van der Waals surface area contributed by atoms with Crippen LogP contribution in [0.1, 0.15) is 19.3 Å². The second-order valence-corrected chi connectivity index (χ2v) is 6.15. The van der Waals surface area contributed by atoms with Crippen molar-refractivity contribution in [2.75, 3.05) is 39.3 Å². The third-order valence-corrected chi connectivity index (χ3v) is 4.52.